The highest BCUT2D eigenvalue weighted by Crippen LogP contribution is 2.68. The lowest BCUT2D eigenvalue weighted by molar-refractivity contribution is -0.197. The summed E-state index contributed by atoms with van der Waals surface area (Å²) in [5.74, 6) is 2.51. The zero-order chi connectivity index (χ0) is 21.1. The SMILES string of the molecule is CN1CCN(CC[C@@]2(O)CC[C@H]3[C@@H]4CCC5CCCC[C@]5(C)[C@H]4C(O)C[C@@]32C)CC1. The second kappa shape index (κ2) is 7.71. The molecule has 1 saturated heterocycles. The van der Waals surface area contributed by atoms with Crippen LogP contribution in [0, 0.1) is 34.5 Å². The molecule has 2 N–H and O–H groups in total. The smallest absolute Gasteiger partial charge is 0.0717 e. The molecule has 0 aromatic carbocycles. The second-order valence-electron chi connectivity index (χ2n) is 12.5. The van der Waals surface area contributed by atoms with Crippen molar-refractivity contribution in [2.24, 2.45) is 34.5 Å². The van der Waals surface area contributed by atoms with Crippen LogP contribution in [0.25, 0.3) is 0 Å². The normalized spacial score (nSPS) is 52.5. The highest BCUT2D eigenvalue weighted by atomic mass is 16.3. The number of hydrogen-bond acceptors (Lipinski definition) is 4. The lowest BCUT2D eigenvalue weighted by Crippen LogP contribution is -2.61. The van der Waals surface area contributed by atoms with Gasteiger partial charge >= 0.3 is 0 Å². The van der Waals surface area contributed by atoms with Gasteiger partial charge in [-0.05, 0) is 87.5 Å². The Labute approximate surface area is 184 Å². The van der Waals surface area contributed by atoms with Crippen molar-refractivity contribution in [2.75, 3.05) is 39.8 Å². The van der Waals surface area contributed by atoms with Crippen LogP contribution in [0.5, 0.6) is 0 Å². The molecule has 172 valence electrons. The molecule has 0 radical (unpaired) electrons. The lowest BCUT2D eigenvalue weighted by atomic mass is 9.43. The van der Waals surface area contributed by atoms with Gasteiger partial charge in [-0.25, -0.2) is 0 Å². The second-order valence-corrected chi connectivity index (χ2v) is 12.5. The number of rotatable bonds is 3. The molecule has 30 heavy (non-hydrogen) atoms. The van der Waals surface area contributed by atoms with Gasteiger partial charge in [0.25, 0.3) is 0 Å². The molecule has 8 atom stereocenters. The summed E-state index contributed by atoms with van der Waals surface area (Å²) in [5, 5.41) is 23.6. The molecule has 4 nitrogen and oxygen atoms in total. The van der Waals surface area contributed by atoms with Crippen LogP contribution in [-0.4, -0.2) is 71.5 Å². The molecule has 2 unspecified atom stereocenters. The van der Waals surface area contributed by atoms with Gasteiger partial charge in [0.15, 0.2) is 0 Å². The third kappa shape index (κ3) is 3.23. The van der Waals surface area contributed by atoms with Crippen molar-refractivity contribution in [1.29, 1.82) is 0 Å². The fourth-order valence-corrected chi connectivity index (χ4v) is 9.34. The highest BCUT2D eigenvalue weighted by Gasteiger charge is 2.66. The van der Waals surface area contributed by atoms with E-state index in [-0.39, 0.29) is 11.5 Å². The number of piperazine rings is 1. The van der Waals surface area contributed by atoms with Gasteiger partial charge in [-0.15, -0.1) is 0 Å². The van der Waals surface area contributed by atoms with E-state index in [1.165, 1.54) is 44.9 Å². The van der Waals surface area contributed by atoms with Gasteiger partial charge in [-0.3, -0.25) is 0 Å². The molecule has 5 rings (SSSR count). The molecule has 1 heterocycles. The molecule has 4 saturated carbocycles. The number of fused-ring (bicyclic) bond motifs is 5. The number of aliphatic hydroxyl groups is 2. The average molecular weight is 419 g/mol. The molecule has 4 aliphatic carbocycles. The molecule has 5 fully saturated rings. The Kier molecular flexibility index (Phi) is 5.57. The van der Waals surface area contributed by atoms with Gasteiger partial charge in [-0.1, -0.05) is 26.7 Å². The minimum Gasteiger partial charge on any atom is -0.393 e. The summed E-state index contributed by atoms with van der Waals surface area (Å²) in [6.45, 7) is 10.4. The first kappa shape index (κ1) is 21.7. The van der Waals surface area contributed by atoms with E-state index in [0.29, 0.717) is 23.2 Å². The Bertz CT molecular complexity index is 635. The zero-order valence-corrected chi connectivity index (χ0v) is 19.8. The molecule has 0 spiro atoms. The van der Waals surface area contributed by atoms with Crippen molar-refractivity contribution in [2.45, 2.75) is 89.8 Å². The summed E-state index contributed by atoms with van der Waals surface area (Å²) in [6, 6.07) is 0. The summed E-state index contributed by atoms with van der Waals surface area (Å²) in [4.78, 5) is 4.95. The van der Waals surface area contributed by atoms with Crippen molar-refractivity contribution in [3.05, 3.63) is 0 Å². The van der Waals surface area contributed by atoms with Gasteiger partial charge in [-0.2, -0.15) is 0 Å². The number of nitrogens with zero attached hydrogens (tertiary/aromatic N) is 2. The van der Waals surface area contributed by atoms with Crippen LogP contribution in [0.15, 0.2) is 0 Å². The largest absolute Gasteiger partial charge is 0.393 e. The molecule has 5 aliphatic rings. The van der Waals surface area contributed by atoms with Gasteiger partial charge in [0, 0.05) is 38.1 Å². The summed E-state index contributed by atoms with van der Waals surface area (Å²) >= 11 is 0. The Morgan fingerprint density at radius 3 is 2.47 bits per heavy atom. The Morgan fingerprint density at radius 1 is 0.933 bits per heavy atom. The van der Waals surface area contributed by atoms with Crippen molar-refractivity contribution in [3.8, 4) is 0 Å². The lowest BCUT2D eigenvalue weighted by Gasteiger charge is -2.62. The third-order valence-corrected chi connectivity index (χ3v) is 11.3. The topological polar surface area (TPSA) is 46.9 Å². The minimum atomic E-state index is -0.600. The van der Waals surface area contributed by atoms with Crippen LogP contribution in [0.3, 0.4) is 0 Å². The Hall–Kier alpha value is -0.160. The van der Waals surface area contributed by atoms with Crippen molar-refractivity contribution in [1.82, 2.24) is 9.80 Å². The predicted octanol–water partition coefficient (Wildman–Crippen LogP) is 3.76. The standard InChI is InChI=1S/C26H46N2O2/c1-24-10-5-4-6-19(24)7-8-20-21-9-11-26(30,25(21,2)18-22(29)23(20)24)12-13-28-16-14-27(3)15-17-28/h19-23,29-30H,4-18H2,1-3H3/t19?,20-,21-,22?,23+,24-,25-,26-/m0/s1. The van der Waals surface area contributed by atoms with E-state index in [0.717, 1.165) is 57.9 Å². The maximum atomic E-state index is 12.0. The predicted molar refractivity (Wildman–Crippen MR) is 121 cm³/mol. The van der Waals surface area contributed by atoms with Gasteiger partial charge in [0.1, 0.15) is 0 Å². The van der Waals surface area contributed by atoms with Crippen molar-refractivity contribution < 1.29 is 10.2 Å². The van der Waals surface area contributed by atoms with Crippen LogP contribution in [0.1, 0.15) is 78.1 Å². The zero-order valence-electron chi connectivity index (χ0n) is 19.8. The first-order valence-electron chi connectivity index (χ1n) is 13.1. The first-order valence-corrected chi connectivity index (χ1v) is 13.1. The molecular formula is C26H46N2O2. The van der Waals surface area contributed by atoms with Crippen LogP contribution in [0.2, 0.25) is 0 Å². The van der Waals surface area contributed by atoms with E-state index >= 15 is 0 Å². The van der Waals surface area contributed by atoms with Gasteiger partial charge in [0.2, 0.25) is 0 Å². The number of aliphatic hydroxyl groups excluding tert-OH is 1. The van der Waals surface area contributed by atoms with E-state index in [2.05, 4.69) is 30.7 Å². The molecule has 4 heteroatoms. The number of likely N-dealkylation sites (N-methyl/N-ethyl adjacent to an activating group) is 1. The van der Waals surface area contributed by atoms with Crippen LogP contribution in [-0.2, 0) is 0 Å². The summed E-state index contributed by atoms with van der Waals surface area (Å²) in [5.41, 5.74) is -0.377. The fraction of sp³-hybridized carbons (Fsp3) is 1.00. The molecular weight excluding hydrogens is 372 g/mol. The van der Waals surface area contributed by atoms with Crippen molar-refractivity contribution in [3.63, 3.8) is 0 Å². The minimum absolute atomic E-state index is 0.113. The van der Waals surface area contributed by atoms with E-state index in [9.17, 15) is 10.2 Å². The monoisotopic (exact) mass is 418 g/mol. The molecule has 0 bridgehead atoms. The Morgan fingerprint density at radius 2 is 1.70 bits per heavy atom. The van der Waals surface area contributed by atoms with Gasteiger partial charge in [0.05, 0.1) is 11.7 Å². The summed E-state index contributed by atoms with van der Waals surface area (Å²) in [7, 11) is 2.20. The van der Waals surface area contributed by atoms with Crippen LogP contribution < -0.4 is 0 Å². The quantitative estimate of drug-likeness (QED) is 0.733. The average Bonchev–Trinajstić information content (AvgIpc) is 2.97. The van der Waals surface area contributed by atoms with Crippen LogP contribution >= 0.6 is 0 Å². The molecule has 0 amide bonds. The van der Waals surface area contributed by atoms with Crippen LogP contribution in [0.4, 0.5) is 0 Å². The fourth-order valence-electron chi connectivity index (χ4n) is 9.34. The maximum absolute atomic E-state index is 12.0. The molecule has 1 aliphatic heterocycles. The van der Waals surface area contributed by atoms with E-state index < -0.39 is 5.60 Å². The van der Waals surface area contributed by atoms with E-state index in [4.69, 9.17) is 0 Å². The number of hydrogen-bond donors (Lipinski definition) is 2. The van der Waals surface area contributed by atoms with E-state index in [1.807, 2.05) is 0 Å². The molecule has 0 aromatic rings. The summed E-state index contributed by atoms with van der Waals surface area (Å²) < 4.78 is 0. The van der Waals surface area contributed by atoms with Gasteiger partial charge < -0.3 is 20.0 Å². The maximum Gasteiger partial charge on any atom is 0.0717 e. The molecule has 0 aromatic heterocycles. The highest BCUT2D eigenvalue weighted by molar-refractivity contribution is 5.16. The first-order chi connectivity index (χ1) is 14.3. The summed E-state index contributed by atoms with van der Waals surface area (Å²) in [6.07, 6.45) is 11.7. The Balaban J connectivity index is 1.33. The van der Waals surface area contributed by atoms with E-state index in [1.54, 1.807) is 0 Å². The third-order valence-electron chi connectivity index (χ3n) is 11.3. The van der Waals surface area contributed by atoms with Crippen molar-refractivity contribution >= 4 is 0 Å².